The minimum Gasteiger partial charge on any atom is -0.497 e. The molecule has 28 heavy (non-hydrogen) atoms. The molecule has 0 aromatic carbocycles. The molecule has 0 fully saturated rings. The summed E-state index contributed by atoms with van der Waals surface area (Å²) in [6.45, 7) is 7.61. The molecule has 1 amide bonds. The number of dihydropyridines is 1. The molecule has 0 bridgehead atoms. The van der Waals surface area contributed by atoms with Gasteiger partial charge in [-0.1, -0.05) is 0 Å². The van der Waals surface area contributed by atoms with Crippen LogP contribution in [0.4, 0.5) is 0 Å². The molecule has 2 N–H and O–H groups in total. The maximum absolute atomic E-state index is 13.1. The summed E-state index contributed by atoms with van der Waals surface area (Å²) < 4.78 is 12.8. The van der Waals surface area contributed by atoms with Gasteiger partial charge in [0.15, 0.2) is 0 Å². The first kappa shape index (κ1) is 19.9. The molecule has 1 unspecified atom stereocenters. The van der Waals surface area contributed by atoms with E-state index in [1.165, 1.54) is 0 Å². The molecule has 1 aliphatic heterocycles. The summed E-state index contributed by atoms with van der Waals surface area (Å²) in [6, 6.07) is 3.87. The van der Waals surface area contributed by atoms with Gasteiger partial charge < -0.3 is 24.7 Å². The quantitative estimate of drug-likeness (QED) is 0.768. The van der Waals surface area contributed by atoms with Crippen LogP contribution >= 0.6 is 0 Å². The van der Waals surface area contributed by atoms with Crippen LogP contribution in [0.5, 0.6) is 0 Å². The molecule has 3 heterocycles. The molecule has 1 aliphatic rings. The van der Waals surface area contributed by atoms with Gasteiger partial charge in [0.1, 0.15) is 11.4 Å². The van der Waals surface area contributed by atoms with E-state index in [0.717, 1.165) is 33.8 Å². The van der Waals surface area contributed by atoms with Crippen molar-refractivity contribution in [3.63, 3.8) is 0 Å². The molecule has 0 saturated carbocycles. The van der Waals surface area contributed by atoms with E-state index in [1.807, 2.05) is 32.1 Å². The van der Waals surface area contributed by atoms with Crippen molar-refractivity contribution in [1.29, 1.82) is 0 Å². The number of fused-ring (bicyclic) bond motifs is 1. The number of methoxy groups -OCH3 is 2. The Morgan fingerprint density at radius 2 is 2.18 bits per heavy atom. The third-order valence-electron chi connectivity index (χ3n) is 5.04. The molecular formula is C21H28N4O3. The highest BCUT2D eigenvalue weighted by Crippen LogP contribution is 2.28. The van der Waals surface area contributed by atoms with E-state index >= 15 is 0 Å². The molecule has 7 heteroatoms. The summed E-state index contributed by atoms with van der Waals surface area (Å²) in [4.78, 5) is 17.6. The fourth-order valence-electron chi connectivity index (χ4n) is 3.71. The molecule has 150 valence electrons. The van der Waals surface area contributed by atoms with E-state index in [-0.39, 0.29) is 11.9 Å². The SMILES string of the molecule is COCC(C)n1c(C)c(C(=O)NCC2=C(OC)C=C(C)NC2)c2cccnc21. The highest BCUT2D eigenvalue weighted by atomic mass is 16.5. The third kappa shape index (κ3) is 3.75. The largest absolute Gasteiger partial charge is 0.497 e. The van der Waals surface area contributed by atoms with Gasteiger partial charge in [-0.3, -0.25) is 4.79 Å². The summed E-state index contributed by atoms with van der Waals surface area (Å²) >= 11 is 0. The normalized spacial score (nSPS) is 15.2. The molecule has 0 radical (unpaired) electrons. The molecule has 0 aliphatic carbocycles. The molecule has 0 spiro atoms. The molecular weight excluding hydrogens is 356 g/mol. The van der Waals surface area contributed by atoms with Crippen molar-refractivity contribution in [1.82, 2.24) is 20.2 Å². The van der Waals surface area contributed by atoms with Gasteiger partial charge in [-0.2, -0.15) is 0 Å². The number of hydrogen-bond donors (Lipinski definition) is 2. The molecule has 2 aromatic heterocycles. The number of allylic oxidation sites excluding steroid dienone is 2. The Balaban J connectivity index is 1.91. The number of carbonyl (C=O) groups is 1. The van der Waals surface area contributed by atoms with Gasteiger partial charge in [0.05, 0.1) is 25.3 Å². The summed E-state index contributed by atoms with van der Waals surface area (Å²) in [5.74, 6) is 0.680. The van der Waals surface area contributed by atoms with Crippen molar-refractivity contribution in [2.45, 2.75) is 26.8 Å². The second-order valence-electron chi connectivity index (χ2n) is 7.04. The minimum absolute atomic E-state index is 0.0717. The summed E-state index contributed by atoms with van der Waals surface area (Å²) in [6.07, 6.45) is 3.69. The van der Waals surface area contributed by atoms with Crippen LogP contribution in [0, 0.1) is 6.92 Å². The van der Waals surface area contributed by atoms with Gasteiger partial charge in [-0.25, -0.2) is 4.98 Å². The van der Waals surface area contributed by atoms with Crippen LogP contribution in [0.25, 0.3) is 11.0 Å². The standard InChI is InChI=1S/C21H28N4O3/c1-13-9-18(28-5)16(10-23-13)11-24-21(26)19-15(3)25(14(2)12-27-4)20-17(19)7-6-8-22-20/h6-9,14,23H,10-12H2,1-5H3,(H,24,26). The fraction of sp³-hybridized carbons (Fsp3) is 0.429. The van der Waals surface area contributed by atoms with Gasteiger partial charge in [0.2, 0.25) is 0 Å². The van der Waals surface area contributed by atoms with Crippen molar-refractivity contribution in [3.8, 4) is 0 Å². The van der Waals surface area contributed by atoms with Crippen LogP contribution in [-0.4, -0.2) is 49.4 Å². The van der Waals surface area contributed by atoms with Gasteiger partial charge in [-0.15, -0.1) is 0 Å². The number of nitrogens with one attached hydrogen (secondary N) is 2. The Morgan fingerprint density at radius 1 is 1.39 bits per heavy atom. The van der Waals surface area contributed by atoms with E-state index in [4.69, 9.17) is 9.47 Å². The Bertz CT molecular complexity index is 943. The highest BCUT2D eigenvalue weighted by molar-refractivity contribution is 6.07. The van der Waals surface area contributed by atoms with Crippen LogP contribution in [0.3, 0.4) is 0 Å². The average molecular weight is 384 g/mol. The fourth-order valence-corrected chi connectivity index (χ4v) is 3.71. The zero-order valence-electron chi connectivity index (χ0n) is 17.1. The smallest absolute Gasteiger partial charge is 0.254 e. The average Bonchev–Trinajstić information content (AvgIpc) is 2.98. The van der Waals surface area contributed by atoms with Crippen molar-refractivity contribution < 1.29 is 14.3 Å². The van der Waals surface area contributed by atoms with Crippen molar-refractivity contribution in [2.24, 2.45) is 0 Å². The lowest BCUT2D eigenvalue weighted by Crippen LogP contribution is -2.32. The first-order valence-corrected chi connectivity index (χ1v) is 9.38. The zero-order chi connectivity index (χ0) is 20.3. The number of hydrogen-bond acceptors (Lipinski definition) is 5. The van der Waals surface area contributed by atoms with Gasteiger partial charge >= 0.3 is 0 Å². The monoisotopic (exact) mass is 384 g/mol. The molecule has 7 nitrogen and oxygen atoms in total. The summed E-state index contributed by atoms with van der Waals surface area (Å²) in [5, 5.41) is 7.17. The number of carbonyl (C=O) groups excluding carboxylic acids is 1. The molecule has 2 aromatic rings. The predicted octanol–water partition coefficient (Wildman–Crippen LogP) is 2.69. The molecule has 0 saturated heterocycles. The Morgan fingerprint density at radius 3 is 2.89 bits per heavy atom. The van der Waals surface area contributed by atoms with Crippen LogP contribution in [0.2, 0.25) is 0 Å². The number of amides is 1. The lowest BCUT2D eigenvalue weighted by Gasteiger charge is -2.20. The Kier molecular flexibility index (Phi) is 6.04. The number of aromatic nitrogens is 2. The van der Waals surface area contributed by atoms with Gasteiger partial charge in [-0.05, 0) is 39.0 Å². The zero-order valence-corrected chi connectivity index (χ0v) is 17.1. The van der Waals surface area contributed by atoms with Crippen LogP contribution in [0.15, 0.2) is 41.4 Å². The van der Waals surface area contributed by atoms with Crippen molar-refractivity contribution in [2.75, 3.05) is 33.9 Å². The lowest BCUT2D eigenvalue weighted by atomic mass is 10.1. The first-order chi connectivity index (χ1) is 13.5. The number of nitrogens with zero attached hydrogens (tertiary/aromatic N) is 2. The maximum atomic E-state index is 13.1. The Labute approximate surface area is 165 Å². The number of ether oxygens (including phenoxy) is 2. The number of pyridine rings is 1. The summed E-state index contributed by atoms with van der Waals surface area (Å²) in [7, 11) is 3.32. The Hall–Kier alpha value is -2.80. The minimum atomic E-state index is -0.118. The molecule has 1 atom stereocenters. The second-order valence-corrected chi connectivity index (χ2v) is 7.04. The third-order valence-corrected chi connectivity index (χ3v) is 5.04. The predicted molar refractivity (Wildman–Crippen MR) is 109 cm³/mol. The van der Waals surface area contributed by atoms with Gasteiger partial charge in [0.25, 0.3) is 5.91 Å². The second kappa shape index (κ2) is 8.48. The lowest BCUT2D eigenvalue weighted by molar-refractivity contribution is 0.0956. The van der Waals surface area contributed by atoms with E-state index in [2.05, 4.69) is 27.1 Å². The highest BCUT2D eigenvalue weighted by Gasteiger charge is 2.23. The van der Waals surface area contributed by atoms with E-state index < -0.39 is 0 Å². The number of rotatable bonds is 7. The van der Waals surface area contributed by atoms with E-state index in [0.29, 0.717) is 25.3 Å². The van der Waals surface area contributed by atoms with Crippen molar-refractivity contribution >= 4 is 16.9 Å². The van der Waals surface area contributed by atoms with Crippen molar-refractivity contribution in [3.05, 3.63) is 52.7 Å². The maximum Gasteiger partial charge on any atom is 0.254 e. The molecule has 3 rings (SSSR count). The van der Waals surface area contributed by atoms with Crippen LogP contribution in [0.1, 0.15) is 35.9 Å². The van der Waals surface area contributed by atoms with Crippen LogP contribution in [-0.2, 0) is 9.47 Å². The van der Waals surface area contributed by atoms with Gasteiger partial charge in [0, 0.05) is 48.7 Å². The van der Waals surface area contributed by atoms with E-state index in [9.17, 15) is 4.79 Å². The topological polar surface area (TPSA) is 77.4 Å². The first-order valence-electron chi connectivity index (χ1n) is 9.38. The van der Waals surface area contributed by atoms with E-state index in [1.54, 1.807) is 20.4 Å². The van der Waals surface area contributed by atoms with Crippen LogP contribution < -0.4 is 10.6 Å². The summed E-state index contributed by atoms with van der Waals surface area (Å²) in [5.41, 5.74) is 4.39.